The molecule has 1 saturated carbocycles. The molecule has 5 heteroatoms. The third-order valence-electron chi connectivity index (χ3n) is 5.11. The van der Waals surface area contributed by atoms with Gasteiger partial charge in [0, 0.05) is 12.6 Å². The van der Waals surface area contributed by atoms with Gasteiger partial charge in [0.2, 0.25) is 11.8 Å². The van der Waals surface area contributed by atoms with Crippen LogP contribution >= 0.6 is 0 Å². The third kappa shape index (κ3) is 2.43. The Morgan fingerprint density at radius 3 is 2.60 bits per heavy atom. The standard InChI is InChI=1S/C15H25N3O2/c1-17-9-5-6-12(10-17)18-11-13(19)16-15(14(18)20)7-3-2-4-8-15/h12H,2-11H2,1H3,(H,16,19). The Balaban J connectivity index is 1.79. The Labute approximate surface area is 120 Å². The quantitative estimate of drug-likeness (QED) is 0.770. The highest BCUT2D eigenvalue weighted by atomic mass is 16.2. The average Bonchev–Trinajstić information content (AvgIpc) is 2.44. The molecule has 1 spiro atoms. The maximum atomic E-state index is 12.9. The van der Waals surface area contributed by atoms with E-state index in [0.29, 0.717) is 0 Å². The van der Waals surface area contributed by atoms with Crippen molar-refractivity contribution < 1.29 is 9.59 Å². The molecule has 0 radical (unpaired) electrons. The minimum atomic E-state index is -0.580. The molecular formula is C15H25N3O2. The number of likely N-dealkylation sites (tertiary alicyclic amines) is 1. The van der Waals surface area contributed by atoms with Crippen LogP contribution in [0.5, 0.6) is 0 Å². The van der Waals surface area contributed by atoms with Crippen LogP contribution in [0.25, 0.3) is 0 Å². The first kappa shape index (κ1) is 13.9. The summed E-state index contributed by atoms with van der Waals surface area (Å²) < 4.78 is 0. The van der Waals surface area contributed by atoms with Gasteiger partial charge in [0.05, 0.1) is 6.54 Å². The van der Waals surface area contributed by atoms with Crippen molar-refractivity contribution in [1.29, 1.82) is 0 Å². The maximum Gasteiger partial charge on any atom is 0.249 e. The van der Waals surface area contributed by atoms with E-state index in [1.165, 1.54) is 6.42 Å². The molecule has 3 aliphatic rings. The number of piperazine rings is 1. The number of hydrogen-bond donors (Lipinski definition) is 1. The fraction of sp³-hybridized carbons (Fsp3) is 0.867. The molecule has 3 fully saturated rings. The second-order valence-electron chi connectivity index (χ2n) is 6.68. The van der Waals surface area contributed by atoms with E-state index in [4.69, 9.17) is 0 Å². The van der Waals surface area contributed by atoms with Gasteiger partial charge in [-0.3, -0.25) is 9.59 Å². The summed E-state index contributed by atoms with van der Waals surface area (Å²) >= 11 is 0. The van der Waals surface area contributed by atoms with Crippen molar-refractivity contribution in [3.05, 3.63) is 0 Å². The highest BCUT2D eigenvalue weighted by Crippen LogP contribution is 2.33. The second kappa shape index (κ2) is 5.35. The molecule has 0 aromatic rings. The van der Waals surface area contributed by atoms with Crippen molar-refractivity contribution >= 4 is 11.8 Å². The van der Waals surface area contributed by atoms with Gasteiger partial charge in [-0.2, -0.15) is 0 Å². The number of carbonyl (C=O) groups excluding carboxylic acids is 2. The zero-order valence-corrected chi connectivity index (χ0v) is 12.4. The molecular weight excluding hydrogens is 254 g/mol. The van der Waals surface area contributed by atoms with Gasteiger partial charge >= 0.3 is 0 Å². The van der Waals surface area contributed by atoms with E-state index in [-0.39, 0.29) is 24.4 Å². The van der Waals surface area contributed by atoms with E-state index in [1.807, 2.05) is 4.90 Å². The molecule has 5 nitrogen and oxygen atoms in total. The van der Waals surface area contributed by atoms with Crippen LogP contribution in [-0.4, -0.2) is 59.9 Å². The Morgan fingerprint density at radius 2 is 1.90 bits per heavy atom. The van der Waals surface area contributed by atoms with Gasteiger partial charge in [-0.05, 0) is 39.3 Å². The van der Waals surface area contributed by atoms with Gasteiger partial charge in [0.15, 0.2) is 0 Å². The number of amides is 2. The molecule has 2 heterocycles. The second-order valence-corrected chi connectivity index (χ2v) is 6.68. The lowest BCUT2D eigenvalue weighted by Crippen LogP contribution is -2.69. The predicted molar refractivity (Wildman–Crippen MR) is 76.2 cm³/mol. The lowest BCUT2D eigenvalue weighted by Gasteiger charge is -2.48. The summed E-state index contributed by atoms with van der Waals surface area (Å²) in [6.07, 6.45) is 7.04. The lowest BCUT2D eigenvalue weighted by atomic mass is 9.78. The molecule has 1 atom stereocenters. The largest absolute Gasteiger partial charge is 0.340 e. The molecule has 2 saturated heterocycles. The Hall–Kier alpha value is -1.10. The van der Waals surface area contributed by atoms with Gasteiger partial charge in [-0.1, -0.05) is 19.3 Å². The van der Waals surface area contributed by atoms with E-state index < -0.39 is 5.54 Å². The molecule has 0 aromatic carbocycles. The summed E-state index contributed by atoms with van der Waals surface area (Å²) in [5.41, 5.74) is -0.580. The topological polar surface area (TPSA) is 52.6 Å². The van der Waals surface area contributed by atoms with E-state index in [1.54, 1.807) is 0 Å². The number of nitrogens with one attached hydrogen (secondary N) is 1. The van der Waals surface area contributed by atoms with E-state index in [2.05, 4.69) is 17.3 Å². The normalized spacial score (nSPS) is 31.4. The van der Waals surface area contributed by atoms with E-state index in [0.717, 1.165) is 51.6 Å². The number of carbonyl (C=O) groups is 2. The number of rotatable bonds is 1. The molecule has 0 aromatic heterocycles. The summed E-state index contributed by atoms with van der Waals surface area (Å²) in [6, 6.07) is 0.214. The van der Waals surface area contributed by atoms with Gasteiger partial charge in [0.25, 0.3) is 0 Å². The third-order valence-corrected chi connectivity index (χ3v) is 5.11. The highest BCUT2D eigenvalue weighted by molar-refractivity contribution is 5.98. The van der Waals surface area contributed by atoms with Crippen LogP contribution in [0.1, 0.15) is 44.9 Å². The summed E-state index contributed by atoms with van der Waals surface area (Å²) in [7, 11) is 2.09. The van der Waals surface area contributed by atoms with Crippen LogP contribution in [0.2, 0.25) is 0 Å². The first-order chi connectivity index (χ1) is 9.61. The van der Waals surface area contributed by atoms with Crippen molar-refractivity contribution in [2.45, 2.75) is 56.5 Å². The van der Waals surface area contributed by atoms with Crippen LogP contribution in [0.4, 0.5) is 0 Å². The lowest BCUT2D eigenvalue weighted by molar-refractivity contribution is -0.155. The number of hydrogen-bond acceptors (Lipinski definition) is 3. The van der Waals surface area contributed by atoms with Crippen LogP contribution in [0.3, 0.4) is 0 Å². The monoisotopic (exact) mass is 279 g/mol. The van der Waals surface area contributed by atoms with Crippen LogP contribution in [-0.2, 0) is 9.59 Å². The summed E-state index contributed by atoms with van der Waals surface area (Å²) in [5, 5.41) is 3.02. The van der Waals surface area contributed by atoms with E-state index in [9.17, 15) is 9.59 Å². The predicted octanol–water partition coefficient (Wildman–Crippen LogP) is 0.742. The molecule has 1 N–H and O–H groups in total. The zero-order chi connectivity index (χ0) is 14.2. The van der Waals surface area contributed by atoms with Gasteiger partial charge in [-0.15, -0.1) is 0 Å². The van der Waals surface area contributed by atoms with Crippen molar-refractivity contribution in [3.63, 3.8) is 0 Å². The molecule has 2 amide bonds. The number of piperidine rings is 1. The van der Waals surface area contributed by atoms with Crippen molar-refractivity contribution in [2.75, 3.05) is 26.7 Å². The van der Waals surface area contributed by atoms with Crippen molar-refractivity contribution in [1.82, 2.24) is 15.1 Å². The van der Waals surface area contributed by atoms with Crippen LogP contribution < -0.4 is 5.32 Å². The first-order valence-electron chi connectivity index (χ1n) is 7.91. The van der Waals surface area contributed by atoms with Crippen molar-refractivity contribution in [3.8, 4) is 0 Å². The first-order valence-corrected chi connectivity index (χ1v) is 7.91. The molecule has 112 valence electrons. The van der Waals surface area contributed by atoms with Gasteiger partial charge in [0.1, 0.15) is 5.54 Å². The van der Waals surface area contributed by atoms with Gasteiger partial charge in [-0.25, -0.2) is 0 Å². The Bertz CT molecular complexity index is 404. The SMILES string of the molecule is CN1CCCC(N2CC(=O)NC3(CCCCC3)C2=O)C1. The number of likely N-dealkylation sites (N-methyl/N-ethyl adjacent to an activating group) is 1. The molecule has 1 unspecified atom stereocenters. The molecule has 2 aliphatic heterocycles. The average molecular weight is 279 g/mol. The fourth-order valence-corrected chi connectivity index (χ4v) is 4.04. The smallest absolute Gasteiger partial charge is 0.249 e. The van der Waals surface area contributed by atoms with Crippen molar-refractivity contribution in [2.24, 2.45) is 0 Å². The van der Waals surface area contributed by atoms with E-state index >= 15 is 0 Å². The molecule has 1 aliphatic carbocycles. The summed E-state index contributed by atoms with van der Waals surface area (Å²) in [5.74, 6) is 0.205. The summed E-state index contributed by atoms with van der Waals surface area (Å²) in [6.45, 7) is 2.24. The van der Waals surface area contributed by atoms with Crippen LogP contribution in [0.15, 0.2) is 0 Å². The maximum absolute atomic E-state index is 12.9. The molecule has 3 rings (SSSR count). The number of nitrogens with zero attached hydrogens (tertiary/aromatic N) is 2. The molecule has 20 heavy (non-hydrogen) atoms. The fourth-order valence-electron chi connectivity index (χ4n) is 4.04. The Kier molecular flexibility index (Phi) is 3.71. The summed E-state index contributed by atoms with van der Waals surface area (Å²) in [4.78, 5) is 29.2. The highest BCUT2D eigenvalue weighted by Gasteiger charge is 2.48. The minimum absolute atomic E-state index is 0.0275. The zero-order valence-electron chi connectivity index (χ0n) is 12.4. The minimum Gasteiger partial charge on any atom is -0.340 e. The molecule has 0 bridgehead atoms. The van der Waals surface area contributed by atoms with Gasteiger partial charge < -0.3 is 15.1 Å². The van der Waals surface area contributed by atoms with Crippen LogP contribution in [0, 0.1) is 0 Å². The Morgan fingerprint density at radius 1 is 1.15 bits per heavy atom.